The summed E-state index contributed by atoms with van der Waals surface area (Å²) in [7, 11) is -3.45. The smallest absolute Gasteiger partial charge is 0.229 e. The first kappa shape index (κ1) is 13.3. The molecule has 0 amide bonds. The van der Waals surface area contributed by atoms with Gasteiger partial charge in [0.2, 0.25) is 0 Å². The lowest BCUT2D eigenvalue weighted by atomic mass is 10.1. The molecule has 1 saturated carbocycles. The molecule has 0 radical (unpaired) electrons. The monoisotopic (exact) mass is 294 g/mol. The van der Waals surface area contributed by atoms with E-state index in [0.717, 1.165) is 11.3 Å². The summed E-state index contributed by atoms with van der Waals surface area (Å²) in [5.74, 6) is 1.08. The second-order valence-electron chi connectivity index (χ2n) is 4.51. The average Bonchev–Trinajstić information content (AvgIpc) is 3.01. The van der Waals surface area contributed by atoms with Crippen molar-refractivity contribution in [1.82, 2.24) is 9.71 Å². The number of thiazole rings is 1. The molecule has 0 aromatic carbocycles. The van der Waals surface area contributed by atoms with Crippen molar-refractivity contribution in [1.29, 1.82) is 0 Å². The van der Waals surface area contributed by atoms with Gasteiger partial charge < -0.3 is 0 Å². The molecule has 1 aliphatic rings. The Labute approximate surface area is 110 Å². The van der Waals surface area contributed by atoms with Crippen molar-refractivity contribution in [2.75, 3.05) is 6.54 Å². The van der Waals surface area contributed by atoms with Gasteiger partial charge in [-0.05, 0) is 31.6 Å². The molecule has 0 saturated heterocycles. The van der Waals surface area contributed by atoms with Gasteiger partial charge >= 0.3 is 0 Å². The highest BCUT2D eigenvalue weighted by Crippen LogP contribution is 2.36. The van der Waals surface area contributed by atoms with Crippen molar-refractivity contribution < 1.29 is 8.42 Å². The topological polar surface area (TPSA) is 59.1 Å². The number of aromatic nitrogens is 1. The summed E-state index contributed by atoms with van der Waals surface area (Å²) in [4.78, 5) is 3.92. The Hall–Kier alpha value is -0.170. The van der Waals surface area contributed by atoms with Crippen molar-refractivity contribution in [2.24, 2.45) is 11.8 Å². The van der Waals surface area contributed by atoms with Crippen LogP contribution in [0.5, 0.6) is 0 Å². The molecule has 4 nitrogen and oxygen atoms in total. The van der Waals surface area contributed by atoms with Gasteiger partial charge in [-0.2, -0.15) is 0 Å². The average molecular weight is 295 g/mol. The zero-order chi connectivity index (χ0) is 12.6. The molecule has 0 aliphatic heterocycles. The van der Waals surface area contributed by atoms with Crippen LogP contribution in [-0.4, -0.2) is 19.9 Å². The minimum atomic E-state index is -3.45. The Balaban J connectivity index is 2.05. The van der Waals surface area contributed by atoms with Gasteiger partial charge in [0.1, 0.15) is 0 Å². The third-order valence-electron chi connectivity index (χ3n) is 2.99. The van der Waals surface area contributed by atoms with Crippen LogP contribution in [0.25, 0.3) is 0 Å². The van der Waals surface area contributed by atoms with Gasteiger partial charge in [0.05, 0.1) is 5.69 Å². The third-order valence-corrected chi connectivity index (χ3v) is 6.29. The zero-order valence-corrected chi connectivity index (χ0v) is 12.1. The molecule has 0 bridgehead atoms. The molecular weight excluding hydrogens is 280 g/mol. The zero-order valence-electron chi connectivity index (χ0n) is 9.73. The maximum Gasteiger partial charge on any atom is 0.251 e. The highest BCUT2D eigenvalue weighted by Gasteiger charge is 2.29. The molecule has 2 rings (SSSR count). The van der Waals surface area contributed by atoms with Crippen molar-refractivity contribution in [3.8, 4) is 0 Å². The van der Waals surface area contributed by atoms with Gasteiger partial charge in [0, 0.05) is 6.54 Å². The normalized spacial score (nSPS) is 18.3. The maximum atomic E-state index is 12.0. The number of halogens is 1. The number of rotatable bonds is 5. The van der Waals surface area contributed by atoms with Crippen LogP contribution in [0, 0.1) is 18.8 Å². The molecule has 1 N–H and O–H groups in total. The van der Waals surface area contributed by atoms with Crippen LogP contribution in [-0.2, 0) is 10.0 Å². The van der Waals surface area contributed by atoms with Crippen molar-refractivity contribution >= 4 is 33.0 Å². The summed E-state index contributed by atoms with van der Waals surface area (Å²) in [6.07, 6.45) is 2.43. The van der Waals surface area contributed by atoms with Crippen LogP contribution in [0.15, 0.2) is 4.21 Å². The van der Waals surface area contributed by atoms with Crippen molar-refractivity contribution in [3.05, 3.63) is 10.2 Å². The fourth-order valence-electron chi connectivity index (χ4n) is 1.74. The fourth-order valence-corrected chi connectivity index (χ4v) is 4.66. The molecule has 0 spiro atoms. The standard InChI is InChI=1S/C10H15ClN2O2S2/c1-6(8-3-4-8)5-12-17(14,15)9-7(2)13-10(11)16-9/h6,8,12H,3-5H2,1-2H3. The van der Waals surface area contributed by atoms with Crippen LogP contribution < -0.4 is 4.72 Å². The maximum absolute atomic E-state index is 12.0. The van der Waals surface area contributed by atoms with Gasteiger partial charge in [-0.25, -0.2) is 18.1 Å². The van der Waals surface area contributed by atoms with E-state index < -0.39 is 10.0 Å². The first-order valence-corrected chi connectivity index (χ1v) is 8.20. The van der Waals surface area contributed by atoms with Crippen LogP contribution >= 0.6 is 22.9 Å². The lowest BCUT2D eigenvalue weighted by molar-refractivity contribution is 0.492. The molecule has 17 heavy (non-hydrogen) atoms. The third kappa shape index (κ3) is 3.19. The number of sulfonamides is 1. The second kappa shape index (κ2) is 4.84. The van der Waals surface area contributed by atoms with E-state index in [1.807, 2.05) is 0 Å². The summed E-state index contributed by atoms with van der Waals surface area (Å²) in [6, 6.07) is 0. The van der Waals surface area contributed by atoms with E-state index in [1.165, 1.54) is 12.8 Å². The number of hydrogen-bond donors (Lipinski definition) is 1. The molecule has 1 aromatic heterocycles. The van der Waals surface area contributed by atoms with Crippen LogP contribution in [0.2, 0.25) is 4.47 Å². The highest BCUT2D eigenvalue weighted by atomic mass is 35.5. The Kier molecular flexibility index (Phi) is 3.77. The van der Waals surface area contributed by atoms with E-state index in [4.69, 9.17) is 11.6 Å². The van der Waals surface area contributed by atoms with E-state index in [0.29, 0.717) is 24.1 Å². The summed E-state index contributed by atoms with van der Waals surface area (Å²) < 4.78 is 27.2. The molecule has 1 aromatic rings. The lowest BCUT2D eigenvalue weighted by Gasteiger charge is -2.11. The highest BCUT2D eigenvalue weighted by molar-refractivity contribution is 7.91. The number of aryl methyl sites for hydroxylation is 1. The number of nitrogens with one attached hydrogen (secondary N) is 1. The summed E-state index contributed by atoms with van der Waals surface area (Å²) in [6.45, 7) is 4.22. The van der Waals surface area contributed by atoms with Gasteiger partial charge in [-0.1, -0.05) is 29.9 Å². The molecule has 1 unspecified atom stereocenters. The molecule has 1 aliphatic carbocycles. The predicted octanol–water partition coefficient (Wildman–Crippen LogP) is 2.43. The van der Waals surface area contributed by atoms with E-state index >= 15 is 0 Å². The van der Waals surface area contributed by atoms with Gasteiger partial charge in [-0.15, -0.1) is 0 Å². The Bertz CT molecular complexity index is 508. The summed E-state index contributed by atoms with van der Waals surface area (Å²) in [5, 5.41) is 0. The van der Waals surface area contributed by atoms with E-state index in [1.54, 1.807) is 6.92 Å². The molecule has 1 fully saturated rings. The summed E-state index contributed by atoms with van der Waals surface area (Å²) in [5.41, 5.74) is 0.464. The molecular formula is C10H15ClN2O2S2. The first-order chi connectivity index (χ1) is 7.90. The molecule has 96 valence electrons. The van der Waals surface area contributed by atoms with Crippen molar-refractivity contribution in [3.63, 3.8) is 0 Å². The van der Waals surface area contributed by atoms with Crippen molar-refractivity contribution in [2.45, 2.75) is 30.9 Å². The van der Waals surface area contributed by atoms with E-state index in [-0.39, 0.29) is 8.68 Å². The Morgan fingerprint density at radius 3 is 2.71 bits per heavy atom. The SMILES string of the molecule is Cc1nc(Cl)sc1S(=O)(=O)NCC(C)C1CC1. The van der Waals surface area contributed by atoms with Gasteiger partial charge in [-0.3, -0.25) is 0 Å². The van der Waals surface area contributed by atoms with E-state index in [2.05, 4.69) is 16.6 Å². The molecule has 1 atom stereocenters. The quantitative estimate of drug-likeness (QED) is 0.907. The Morgan fingerprint density at radius 2 is 2.24 bits per heavy atom. The number of nitrogens with zero attached hydrogens (tertiary/aromatic N) is 1. The van der Waals surface area contributed by atoms with Crippen LogP contribution in [0.4, 0.5) is 0 Å². The van der Waals surface area contributed by atoms with Crippen LogP contribution in [0.1, 0.15) is 25.5 Å². The minimum Gasteiger partial charge on any atom is -0.229 e. The predicted molar refractivity (Wildman–Crippen MR) is 68.9 cm³/mol. The molecule has 7 heteroatoms. The summed E-state index contributed by atoms with van der Waals surface area (Å²) >= 11 is 6.71. The second-order valence-corrected chi connectivity index (χ2v) is 8.05. The van der Waals surface area contributed by atoms with Crippen LogP contribution in [0.3, 0.4) is 0 Å². The van der Waals surface area contributed by atoms with Gasteiger partial charge in [0.25, 0.3) is 10.0 Å². The van der Waals surface area contributed by atoms with E-state index in [9.17, 15) is 8.42 Å². The Morgan fingerprint density at radius 1 is 1.59 bits per heavy atom. The fraction of sp³-hybridized carbons (Fsp3) is 0.700. The van der Waals surface area contributed by atoms with Gasteiger partial charge in [0.15, 0.2) is 8.68 Å². The first-order valence-electron chi connectivity index (χ1n) is 5.53. The molecule has 1 heterocycles. The lowest BCUT2D eigenvalue weighted by Crippen LogP contribution is -2.29. The number of hydrogen-bond acceptors (Lipinski definition) is 4. The largest absolute Gasteiger partial charge is 0.251 e. The minimum absolute atomic E-state index is 0.227.